The van der Waals surface area contributed by atoms with Crippen LogP contribution in [0.2, 0.25) is 0 Å². The molecule has 2 fully saturated rings. The van der Waals surface area contributed by atoms with Gasteiger partial charge in [0.1, 0.15) is 5.82 Å². The summed E-state index contributed by atoms with van der Waals surface area (Å²) in [6, 6.07) is 6.14. The van der Waals surface area contributed by atoms with Crippen molar-refractivity contribution in [3.8, 4) is 0 Å². The number of anilines is 1. The van der Waals surface area contributed by atoms with Crippen LogP contribution in [0.4, 0.5) is 5.82 Å². The highest BCUT2D eigenvalue weighted by atomic mass is 16.2. The Labute approximate surface area is 141 Å². The molecule has 6 nitrogen and oxygen atoms in total. The van der Waals surface area contributed by atoms with E-state index >= 15 is 0 Å². The zero-order valence-corrected chi connectivity index (χ0v) is 14.2. The van der Waals surface area contributed by atoms with E-state index in [0.29, 0.717) is 6.42 Å². The summed E-state index contributed by atoms with van der Waals surface area (Å²) in [5, 5.41) is 7.58. The molecule has 0 saturated carbocycles. The second-order valence-corrected chi connectivity index (χ2v) is 7.03. The van der Waals surface area contributed by atoms with E-state index in [0.717, 1.165) is 43.0 Å². The van der Waals surface area contributed by atoms with E-state index in [1.165, 1.54) is 0 Å². The van der Waals surface area contributed by atoms with Crippen molar-refractivity contribution in [2.75, 3.05) is 18.0 Å². The molecule has 4 heterocycles. The molecule has 2 saturated heterocycles. The summed E-state index contributed by atoms with van der Waals surface area (Å²) in [7, 11) is 1.92. The zero-order valence-electron chi connectivity index (χ0n) is 14.2. The average molecular weight is 325 g/mol. The van der Waals surface area contributed by atoms with Crippen LogP contribution in [0.3, 0.4) is 0 Å². The van der Waals surface area contributed by atoms with E-state index < -0.39 is 0 Å². The molecule has 2 aliphatic rings. The number of aromatic nitrogens is 3. The fourth-order valence-electron chi connectivity index (χ4n) is 4.17. The maximum Gasteiger partial charge on any atom is 0.221 e. The van der Waals surface area contributed by atoms with E-state index in [9.17, 15) is 4.79 Å². The zero-order chi connectivity index (χ0) is 16.7. The molecule has 2 aromatic heterocycles. The number of pyridine rings is 1. The number of aryl methyl sites for hydroxylation is 2. The van der Waals surface area contributed by atoms with Crippen molar-refractivity contribution < 1.29 is 4.79 Å². The number of piperidine rings is 1. The van der Waals surface area contributed by atoms with E-state index in [1.54, 1.807) is 0 Å². The summed E-state index contributed by atoms with van der Waals surface area (Å²) in [6.45, 7) is 3.84. The minimum absolute atomic E-state index is 0.138. The molecule has 1 unspecified atom stereocenters. The van der Waals surface area contributed by atoms with Gasteiger partial charge in [0.25, 0.3) is 0 Å². The Morgan fingerprint density at radius 1 is 1.29 bits per heavy atom. The highest BCUT2D eigenvalue weighted by molar-refractivity contribution is 5.81. The van der Waals surface area contributed by atoms with Gasteiger partial charge in [-0.25, -0.2) is 4.98 Å². The third kappa shape index (κ3) is 2.56. The first-order valence-corrected chi connectivity index (χ1v) is 8.54. The van der Waals surface area contributed by atoms with Crippen LogP contribution in [0.15, 0.2) is 30.6 Å². The third-order valence-corrected chi connectivity index (χ3v) is 5.43. The third-order valence-electron chi connectivity index (χ3n) is 5.43. The van der Waals surface area contributed by atoms with E-state index in [1.807, 2.05) is 37.1 Å². The van der Waals surface area contributed by atoms with Gasteiger partial charge in [-0.15, -0.1) is 0 Å². The Hall–Kier alpha value is -2.37. The lowest BCUT2D eigenvalue weighted by molar-refractivity contribution is -0.119. The maximum atomic E-state index is 12.1. The summed E-state index contributed by atoms with van der Waals surface area (Å²) < 4.78 is 1.82. The smallest absolute Gasteiger partial charge is 0.221 e. The highest BCUT2D eigenvalue weighted by Crippen LogP contribution is 2.43. The second kappa shape index (κ2) is 5.61. The van der Waals surface area contributed by atoms with Crippen LogP contribution in [0, 0.1) is 6.92 Å². The van der Waals surface area contributed by atoms with Crippen LogP contribution < -0.4 is 10.2 Å². The fraction of sp³-hybridized carbons (Fsp3) is 0.500. The minimum atomic E-state index is -0.138. The fourth-order valence-corrected chi connectivity index (χ4v) is 4.17. The lowest BCUT2D eigenvalue weighted by Gasteiger charge is -2.43. The van der Waals surface area contributed by atoms with Crippen molar-refractivity contribution in [2.24, 2.45) is 7.05 Å². The molecule has 1 atom stereocenters. The number of carbonyl (C=O) groups is 1. The van der Waals surface area contributed by atoms with Crippen LogP contribution >= 0.6 is 0 Å². The number of nitrogens with one attached hydrogen (secondary N) is 1. The quantitative estimate of drug-likeness (QED) is 0.914. The molecule has 0 aromatic carbocycles. The molecule has 2 aliphatic heterocycles. The van der Waals surface area contributed by atoms with Gasteiger partial charge in [0, 0.05) is 44.4 Å². The van der Waals surface area contributed by atoms with Crippen LogP contribution in [-0.2, 0) is 11.8 Å². The molecule has 6 heteroatoms. The van der Waals surface area contributed by atoms with Gasteiger partial charge >= 0.3 is 0 Å². The number of hydrogen-bond acceptors (Lipinski definition) is 4. The molecule has 1 amide bonds. The number of amides is 1. The first-order chi connectivity index (χ1) is 11.6. The van der Waals surface area contributed by atoms with E-state index in [-0.39, 0.29) is 17.4 Å². The predicted octanol–water partition coefficient (Wildman–Crippen LogP) is 1.77. The standard InChI is InChI=1S/C18H23N5O/c1-13-4-3-5-16(20-13)23-8-6-18(7-9-23)15(10-17(24)21-18)14-11-19-22(2)12-14/h3-5,11-12,15H,6-10H2,1-2H3,(H,21,24). The van der Waals surface area contributed by atoms with Gasteiger partial charge in [-0.3, -0.25) is 9.48 Å². The van der Waals surface area contributed by atoms with Gasteiger partial charge in [0.05, 0.1) is 11.7 Å². The summed E-state index contributed by atoms with van der Waals surface area (Å²) in [4.78, 5) is 19.1. The molecule has 4 rings (SSSR count). The highest BCUT2D eigenvalue weighted by Gasteiger charge is 2.49. The average Bonchev–Trinajstić information content (AvgIpc) is 3.12. The van der Waals surface area contributed by atoms with Crippen LogP contribution in [0.25, 0.3) is 0 Å². The lowest BCUT2D eigenvalue weighted by Crippen LogP contribution is -2.53. The Morgan fingerprint density at radius 2 is 2.08 bits per heavy atom. The molecule has 126 valence electrons. The SMILES string of the molecule is Cc1cccc(N2CCC3(CC2)NC(=O)CC3c2cnn(C)c2)n1. The molecule has 0 bridgehead atoms. The minimum Gasteiger partial charge on any atom is -0.356 e. The monoisotopic (exact) mass is 325 g/mol. The lowest BCUT2D eigenvalue weighted by atomic mass is 9.75. The van der Waals surface area contributed by atoms with E-state index in [4.69, 9.17) is 0 Å². The first kappa shape index (κ1) is 15.2. The van der Waals surface area contributed by atoms with Gasteiger partial charge in [-0.05, 0) is 37.5 Å². The molecule has 24 heavy (non-hydrogen) atoms. The molecular weight excluding hydrogens is 302 g/mol. The maximum absolute atomic E-state index is 12.1. The largest absolute Gasteiger partial charge is 0.356 e. The van der Waals surface area contributed by atoms with Gasteiger partial charge in [0.2, 0.25) is 5.91 Å². The number of rotatable bonds is 2. The van der Waals surface area contributed by atoms with Gasteiger partial charge in [0.15, 0.2) is 0 Å². The van der Waals surface area contributed by atoms with Crippen LogP contribution in [0.5, 0.6) is 0 Å². The Bertz CT molecular complexity index is 760. The second-order valence-electron chi connectivity index (χ2n) is 7.03. The van der Waals surface area contributed by atoms with Gasteiger partial charge < -0.3 is 10.2 Å². The molecule has 1 spiro atoms. The van der Waals surface area contributed by atoms with Crippen molar-refractivity contribution in [1.82, 2.24) is 20.1 Å². The number of carbonyl (C=O) groups excluding carboxylic acids is 1. The number of nitrogens with zero attached hydrogens (tertiary/aromatic N) is 4. The van der Waals surface area contributed by atoms with E-state index in [2.05, 4.69) is 32.4 Å². The summed E-state index contributed by atoms with van der Waals surface area (Å²) in [5.41, 5.74) is 2.06. The van der Waals surface area contributed by atoms with Crippen LogP contribution in [-0.4, -0.2) is 39.3 Å². The molecular formula is C18H23N5O. The Morgan fingerprint density at radius 3 is 2.75 bits per heavy atom. The molecule has 0 aliphatic carbocycles. The Kier molecular flexibility index (Phi) is 3.55. The van der Waals surface area contributed by atoms with Gasteiger partial charge in [-0.1, -0.05) is 6.07 Å². The predicted molar refractivity (Wildman–Crippen MR) is 91.9 cm³/mol. The van der Waals surface area contributed by atoms with Crippen molar-refractivity contribution in [2.45, 2.75) is 37.6 Å². The normalized spacial score (nSPS) is 22.8. The molecule has 0 radical (unpaired) electrons. The van der Waals surface area contributed by atoms with Crippen molar-refractivity contribution >= 4 is 11.7 Å². The van der Waals surface area contributed by atoms with Crippen molar-refractivity contribution in [1.29, 1.82) is 0 Å². The summed E-state index contributed by atoms with van der Waals surface area (Å²) in [6.07, 6.45) is 6.39. The Balaban J connectivity index is 1.55. The molecule has 2 aromatic rings. The summed E-state index contributed by atoms with van der Waals surface area (Å²) >= 11 is 0. The van der Waals surface area contributed by atoms with Crippen molar-refractivity contribution in [3.05, 3.63) is 41.9 Å². The molecule has 1 N–H and O–H groups in total. The van der Waals surface area contributed by atoms with Crippen molar-refractivity contribution in [3.63, 3.8) is 0 Å². The van der Waals surface area contributed by atoms with Gasteiger partial charge in [-0.2, -0.15) is 5.10 Å². The summed E-state index contributed by atoms with van der Waals surface area (Å²) in [5.74, 6) is 1.41. The van der Waals surface area contributed by atoms with Crippen LogP contribution in [0.1, 0.15) is 36.4 Å². The topological polar surface area (TPSA) is 63.1 Å². The number of hydrogen-bond donors (Lipinski definition) is 1. The first-order valence-electron chi connectivity index (χ1n) is 8.54.